The molecule has 0 unspecified atom stereocenters. The predicted octanol–water partition coefficient (Wildman–Crippen LogP) is 3.74. The highest BCUT2D eigenvalue weighted by Gasteiger charge is 2.14. The highest BCUT2D eigenvalue weighted by Crippen LogP contribution is 2.18. The average Bonchev–Trinajstić information content (AvgIpc) is 2.78. The molecule has 0 aliphatic carbocycles. The lowest BCUT2D eigenvalue weighted by Crippen LogP contribution is -2.15. The Bertz CT molecular complexity index is 986. The van der Waals surface area contributed by atoms with Crippen molar-refractivity contribution in [3.8, 4) is 5.75 Å². The van der Waals surface area contributed by atoms with Gasteiger partial charge in [-0.05, 0) is 42.0 Å². The molecule has 148 valence electrons. The maximum Gasteiger partial charge on any atom is 0.339 e. The molecule has 2 N–H and O–H groups in total. The lowest BCUT2D eigenvalue weighted by molar-refractivity contribution is 0.0602. The summed E-state index contributed by atoms with van der Waals surface area (Å²) in [6, 6.07) is 17.8. The van der Waals surface area contributed by atoms with Crippen LogP contribution in [0.25, 0.3) is 0 Å². The summed E-state index contributed by atoms with van der Waals surface area (Å²) in [6.07, 6.45) is 1.48. The number of hydrogen-bond acceptors (Lipinski definition) is 6. The number of anilines is 2. The van der Waals surface area contributed by atoms with Gasteiger partial charge in [0.2, 0.25) is 0 Å². The summed E-state index contributed by atoms with van der Waals surface area (Å²) in [5.74, 6) is 0.566. The summed E-state index contributed by atoms with van der Waals surface area (Å²) < 4.78 is 9.88. The number of pyridine rings is 1. The molecule has 1 heterocycles. The number of carbonyl (C=O) groups excluding carboxylic acids is 2. The zero-order valence-electron chi connectivity index (χ0n) is 16.1. The minimum absolute atomic E-state index is 0.286. The molecule has 2 aromatic carbocycles. The fraction of sp³-hybridized carbons (Fsp3) is 0.136. The smallest absolute Gasteiger partial charge is 0.339 e. The van der Waals surface area contributed by atoms with E-state index in [-0.39, 0.29) is 11.5 Å². The van der Waals surface area contributed by atoms with Crippen LogP contribution in [0.1, 0.15) is 26.3 Å². The number of esters is 1. The normalized spacial score (nSPS) is 10.1. The van der Waals surface area contributed by atoms with Crippen molar-refractivity contribution in [3.05, 3.63) is 83.6 Å². The van der Waals surface area contributed by atoms with Gasteiger partial charge in [-0.2, -0.15) is 0 Å². The Morgan fingerprint density at radius 3 is 2.38 bits per heavy atom. The molecule has 0 fully saturated rings. The molecule has 3 aromatic rings. The quantitative estimate of drug-likeness (QED) is 0.597. The van der Waals surface area contributed by atoms with E-state index >= 15 is 0 Å². The number of rotatable bonds is 7. The second kappa shape index (κ2) is 9.36. The Balaban J connectivity index is 1.62. The fourth-order valence-corrected chi connectivity index (χ4v) is 2.64. The van der Waals surface area contributed by atoms with E-state index in [0.29, 0.717) is 23.6 Å². The van der Waals surface area contributed by atoms with Crippen molar-refractivity contribution in [1.29, 1.82) is 0 Å². The van der Waals surface area contributed by atoms with E-state index in [2.05, 4.69) is 15.6 Å². The maximum absolute atomic E-state index is 12.5. The first-order valence-corrected chi connectivity index (χ1v) is 8.92. The number of ether oxygens (including phenoxy) is 2. The number of para-hydroxylation sites is 1. The Hall–Kier alpha value is -3.87. The molecular formula is C22H21N3O4. The SMILES string of the molecule is COC(=O)c1ccccc1NC(=O)c1ccc(NCc2ccc(OC)cc2)nc1. The Kier molecular flexibility index (Phi) is 6.42. The zero-order valence-corrected chi connectivity index (χ0v) is 16.1. The molecule has 0 atom stereocenters. The molecule has 3 rings (SSSR count). The lowest BCUT2D eigenvalue weighted by atomic mass is 10.1. The number of nitrogens with zero attached hydrogens (tertiary/aromatic N) is 1. The number of methoxy groups -OCH3 is 2. The van der Waals surface area contributed by atoms with Crippen molar-refractivity contribution >= 4 is 23.4 Å². The number of aromatic nitrogens is 1. The van der Waals surface area contributed by atoms with E-state index in [1.54, 1.807) is 43.5 Å². The summed E-state index contributed by atoms with van der Waals surface area (Å²) in [4.78, 5) is 28.6. The van der Waals surface area contributed by atoms with E-state index in [1.165, 1.54) is 13.3 Å². The number of benzene rings is 2. The van der Waals surface area contributed by atoms with Crippen LogP contribution < -0.4 is 15.4 Å². The molecule has 0 saturated carbocycles. The molecule has 29 heavy (non-hydrogen) atoms. The highest BCUT2D eigenvalue weighted by molar-refractivity contribution is 6.07. The van der Waals surface area contributed by atoms with Gasteiger partial charge in [-0.3, -0.25) is 4.79 Å². The van der Waals surface area contributed by atoms with Crippen LogP contribution in [-0.2, 0) is 11.3 Å². The Morgan fingerprint density at radius 2 is 1.72 bits per heavy atom. The molecule has 0 radical (unpaired) electrons. The van der Waals surface area contributed by atoms with E-state index in [4.69, 9.17) is 9.47 Å². The third-order valence-electron chi connectivity index (χ3n) is 4.24. The third-order valence-corrected chi connectivity index (χ3v) is 4.24. The first-order valence-electron chi connectivity index (χ1n) is 8.92. The zero-order chi connectivity index (χ0) is 20.6. The van der Waals surface area contributed by atoms with Crippen LogP contribution in [0, 0.1) is 0 Å². The minimum Gasteiger partial charge on any atom is -0.497 e. The highest BCUT2D eigenvalue weighted by atomic mass is 16.5. The molecule has 0 aliphatic heterocycles. The van der Waals surface area contributed by atoms with Crippen LogP contribution in [0.15, 0.2) is 66.9 Å². The van der Waals surface area contributed by atoms with Crippen LogP contribution in [0.2, 0.25) is 0 Å². The summed E-state index contributed by atoms with van der Waals surface area (Å²) in [5, 5.41) is 5.92. The van der Waals surface area contributed by atoms with Gasteiger partial charge in [0.1, 0.15) is 11.6 Å². The molecule has 0 bridgehead atoms. The first-order chi connectivity index (χ1) is 14.1. The topological polar surface area (TPSA) is 89.5 Å². The standard InChI is InChI=1S/C22H21N3O4/c1-28-17-10-7-15(8-11-17)13-23-20-12-9-16(14-24-20)21(26)25-19-6-4-3-5-18(19)22(27)29-2/h3-12,14H,13H2,1-2H3,(H,23,24)(H,25,26). The van der Waals surface area contributed by atoms with Gasteiger partial charge in [0.25, 0.3) is 5.91 Å². The van der Waals surface area contributed by atoms with Crippen LogP contribution >= 0.6 is 0 Å². The number of amides is 1. The summed E-state index contributed by atoms with van der Waals surface area (Å²) in [7, 11) is 2.92. The van der Waals surface area contributed by atoms with Gasteiger partial charge in [0.15, 0.2) is 0 Å². The molecule has 7 heteroatoms. The lowest BCUT2D eigenvalue weighted by Gasteiger charge is -2.10. The number of carbonyl (C=O) groups is 2. The van der Waals surface area contributed by atoms with Gasteiger partial charge in [0.05, 0.1) is 31.0 Å². The van der Waals surface area contributed by atoms with Gasteiger partial charge in [-0.15, -0.1) is 0 Å². The van der Waals surface area contributed by atoms with Crippen LogP contribution in [-0.4, -0.2) is 31.1 Å². The molecule has 7 nitrogen and oxygen atoms in total. The summed E-state index contributed by atoms with van der Waals surface area (Å²) >= 11 is 0. The molecule has 1 amide bonds. The second-order valence-electron chi connectivity index (χ2n) is 6.13. The Labute approximate surface area is 168 Å². The molecule has 1 aromatic heterocycles. The van der Waals surface area contributed by atoms with Crippen molar-refractivity contribution < 1.29 is 19.1 Å². The first kappa shape index (κ1) is 19.9. The minimum atomic E-state index is -0.517. The van der Waals surface area contributed by atoms with Gasteiger partial charge in [-0.25, -0.2) is 9.78 Å². The van der Waals surface area contributed by atoms with Crippen molar-refractivity contribution in [2.75, 3.05) is 24.9 Å². The van der Waals surface area contributed by atoms with Crippen LogP contribution in [0.3, 0.4) is 0 Å². The van der Waals surface area contributed by atoms with Crippen molar-refractivity contribution in [3.63, 3.8) is 0 Å². The van der Waals surface area contributed by atoms with Gasteiger partial charge in [-0.1, -0.05) is 24.3 Å². The molecule has 0 saturated heterocycles. The van der Waals surface area contributed by atoms with Crippen LogP contribution in [0.4, 0.5) is 11.5 Å². The Morgan fingerprint density at radius 1 is 0.966 bits per heavy atom. The summed E-state index contributed by atoms with van der Waals surface area (Å²) in [5.41, 5.74) is 2.12. The van der Waals surface area contributed by atoms with E-state index < -0.39 is 5.97 Å². The van der Waals surface area contributed by atoms with Gasteiger partial charge in [0, 0.05) is 12.7 Å². The third kappa shape index (κ3) is 5.10. The van der Waals surface area contributed by atoms with Crippen LogP contribution in [0.5, 0.6) is 5.75 Å². The van der Waals surface area contributed by atoms with Crippen molar-refractivity contribution in [2.24, 2.45) is 0 Å². The second-order valence-corrected chi connectivity index (χ2v) is 6.13. The predicted molar refractivity (Wildman–Crippen MR) is 110 cm³/mol. The fourth-order valence-electron chi connectivity index (χ4n) is 2.64. The van der Waals surface area contributed by atoms with E-state index in [0.717, 1.165) is 11.3 Å². The van der Waals surface area contributed by atoms with Crippen molar-refractivity contribution in [1.82, 2.24) is 4.98 Å². The molecule has 0 spiro atoms. The van der Waals surface area contributed by atoms with Gasteiger partial charge < -0.3 is 20.1 Å². The molecule has 0 aliphatic rings. The number of nitrogens with one attached hydrogen (secondary N) is 2. The van der Waals surface area contributed by atoms with Crippen molar-refractivity contribution in [2.45, 2.75) is 6.54 Å². The van der Waals surface area contributed by atoms with Gasteiger partial charge >= 0.3 is 5.97 Å². The monoisotopic (exact) mass is 391 g/mol. The maximum atomic E-state index is 12.5. The molecular weight excluding hydrogens is 370 g/mol. The average molecular weight is 391 g/mol. The largest absolute Gasteiger partial charge is 0.497 e. The number of hydrogen-bond donors (Lipinski definition) is 2. The summed E-state index contributed by atoms with van der Waals surface area (Å²) in [6.45, 7) is 0.592. The van der Waals surface area contributed by atoms with E-state index in [1.807, 2.05) is 24.3 Å². The van der Waals surface area contributed by atoms with E-state index in [9.17, 15) is 9.59 Å².